The van der Waals surface area contributed by atoms with Crippen molar-refractivity contribution in [3.63, 3.8) is 0 Å². The molecule has 1 atom stereocenters. The third-order valence-corrected chi connectivity index (χ3v) is 3.33. The normalized spacial score (nSPS) is 18.6. The summed E-state index contributed by atoms with van der Waals surface area (Å²) in [6.45, 7) is 6.83. The number of nitrogen functional groups attached to an aromatic ring is 1. The fraction of sp³-hybridized carbons (Fsp3) is 0.562. The second kappa shape index (κ2) is 6.24. The van der Waals surface area contributed by atoms with E-state index in [4.69, 9.17) is 15.2 Å². The minimum absolute atomic E-state index is 0.0670. The van der Waals surface area contributed by atoms with Crippen LogP contribution in [0.3, 0.4) is 0 Å². The van der Waals surface area contributed by atoms with Crippen molar-refractivity contribution >= 4 is 11.8 Å². The molecule has 1 aromatic rings. The van der Waals surface area contributed by atoms with Crippen molar-refractivity contribution in [2.24, 2.45) is 0 Å². The first-order valence-electron chi connectivity index (χ1n) is 7.33. The summed E-state index contributed by atoms with van der Waals surface area (Å²) in [6, 6.07) is 7.34. The summed E-state index contributed by atoms with van der Waals surface area (Å²) in [5.41, 5.74) is 5.88. The molecule has 1 saturated heterocycles. The number of benzene rings is 1. The number of nitrogens with zero attached hydrogens (tertiary/aromatic N) is 1. The van der Waals surface area contributed by atoms with Crippen molar-refractivity contribution in [2.45, 2.75) is 45.3 Å². The van der Waals surface area contributed by atoms with E-state index >= 15 is 0 Å². The minimum Gasteiger partial charge on any atom is -0.491 e. The van der Waals surface area contributed by atoms with E-state index in [2.05, 4.69) is 0 Å². The average molecular weight is 292 g/mol. The summed E-state index contributed by atoms with van der Waals surface area (Å²) in [5, 5.41) is 0. The summed E-state index contributed by atoms with van der Waals surface area (Å²) in [4.78, 5) is 13.9. The van der Waals surface area contributed by atoms with Gasteiger partial charge in [0.25, 0.3) is 0 Å². The molecule has 0 spiro atoms. The molecule has 0 saturated carbocycles. The zero-order chi connectivity index (χ0) is 15.5. The number of anilines is 1. The molecule has 0 aromatic heterocycles. The van der Waals surface area contributed by atoms with Gasteiger partial charge < -0.3 is 20.1 Å². The number of rotatable bonds is 3. The van der Waals surface area contributed by atoms with Crippen LogP contribution in [0.15, 0.2) is 24.3 Å². The van der Waals surface area contributed by atoms with Gasteiger partial charge in [0.1, 0.15) is 18.0 Å². The Kier molecular flexibility index (Phi) is 4.60. The zero-order valence-corrected chi connectivity index (χ0v) is 13.0. The fourth-order valence-corrected chi connectivity index (χ4v) is 2.33. The van der Waals surface area contributed by atoms with Gasteiger partial charge in [-0.05, 0) is 57.9 Å². The van der Waals surface area contributed by atoms with Crippen LogP contribution in [0, 0.1) is 0 Å². The lowest BCUT2D eigenvalue weighted by Crippen LogP contribution is -2.42. The first-order chi connectivity index (χ1) is 9.85. The molecule has 0 aliphatic carbocycles. The Morgan fingerprint density at radius 3 is 2.62 bits per heavy atom. The van der Waals surface area contributed by atoms with E-state index in [1.54, 1.807) is 17.0 Å². The molecule has 0 unspecified atom stereocenters. The lowest BCUT2D eigenvalue weighted by Gasteiger charge is -2.28. The number of hydrogen-bond acceptors (Lipinski definition) is 4. The van der Waals surface area contributed by atoms with E-state index in [1.165, 1.54) is 0 Å². The Morgan fingerprint density at radius 2 is 2.00 bits per heavy atom. The van der Waals surface area contributed by atoms with Crippen molar-refractivity contribution in [2.75, 3.05) is 18.9 Å². The largest absolute Gasteiger partial charge is 0.491 e. The van der Waals surface area contributed by atoms with Crippen LogP contribution in [0.2, 0.25) is 0 Å². The molecule has 1 amide bonds. The van der Waals surface area contributed by atoms with Crippen LogP contribution in [-0.4, -0.2) is 35.8 Å². The van der Waals surface area contributed by atoms with Crippen molar-refractivity contribution in [1.29, 1.82) is 0 Å². The topological polar surface area (TPSA) is 64.8 Å². The molecule has 1 fully saturated rings. The van der Waals surface area contributed by atoms with E-state index in [9.17, 15) is 4.79 Å². The van der Waals surface area contributed by atoms with Gasteiger partial charge in [0, 0.05) is 12.2 Å². The number of amides is 1. The number of ether oxygens (including phenoxy) is 2. The summed E-state index contributed by atoms with van der Waals surface area (Å²) >= 11 is 0. The molecule has 21 heavy (non-hydrogen) atoms. The standard InChI is InChI=1S/C16H24N2O3/c1-16(2,3)21-15(19)18-10-4-5-13(18)11-20-14-8-6-12(17)7-9-14/h6-9,13H,4-5,10-11,17H2,1-3H3/t13-/m1/s1. The van der Waals surface area contributed by atoms with E-state index in [1.807, 2.05) is 32.9 Å². The zero-order valence-electron chi connectivity index (χ0n) is 13.0. The van der Waals surface area contributed by atoms with Gasteiger partial charge in [-0.25, -0.2) is 4.79 Å². The Morgan fingerprint density at radius 1 is 1.33 bits per heavy atom. The van der Waals surface area contributed by atoms with Crippen LogP contribution >= 0.6 is 0 Å². The smallest absolute Gasteiger partial charge is 0.410 e. The van der Waals surface area contributed by atoms with Crippen LogP contribution in [-0.2, 0) is 4.74 Å². The molecule has 1 heterocycles. The second-order valence-corrected chi connectivity index (χ2v) is 6.35. The molecule has 116 valence electrons. The maximum absolute atomic E-state index is 12.2. The average Bonchev–Trinajstić information content (AvgIpc) is 2.84. The van der Waals surface area contributed by atoms with Crippen molar-refractivity contribution in [1.82, 2.24) is 4.90 Å². The van der Waals surface area contributed by atoms with Gasteiger partial charge in [0.2, 0.25) is 0 Å². The van der Waals surface area contributed by atoms with Gasteiger partial charge in [-0.3, -0.25) is 0 Å². The first kappa shape index (κ1) is 15.5. The van der Waals surface area contributed by atoms with Crippen molar-refractivity contribution in [3.05, 3.63) is 24.3 Å². The van der Waals surface area contributed by atoms with Crippen LogP contribution in [0.5, 0.6) is 5.75 Å². The number of carbonyl (C=O) groups excluding carboxylic acids is 1. The molecule has 5 heteroatoms. The molecular weight excluding hydrogens is 268 g/mol. The SMILES string of the molecule is CC(C)(C)OC(=O)N1CCC[C@@H]1COc1ccc(N)cc1. The molecule has 1 aliphatic rings. The molecule has 5 nitrogen and oxygen atoms in total. The molecule has 0 bridgehead atoms. The van der Waals surface area contributed by atoms with Gasteiger partial charge in [0.15, 0.2) is 0 Å². The molecule has 2 N–H and O–H groups in total. The Bertz CT molecular complexity index is 479. The number of carbonyl (C=O) groups is 1. The van der Waals surface area contributed by atoms with Crippen LogP contribution < -0.4 is 10.5 Å². The maximum Gasteiger partial charge on any atom is 0.410 e. The number of likely N-dealkylation sites (tertiary alicyclic amines) is 1. The van der Waals surface area contributed by atoms with Crippen molar-refractivity contribution < 1.29 is 14.3 Å². The Balaban J connectivity index is 1.90. The molecule has 0 radical (unpaired) electrons. The lowest BCUT2D eigenvalue weighted by atomic mass is 10.2. The first-order valence-corrected chi connectivity index (χ1v) is 7.33. The van der Waals surface area contributed by atoms with E-state index in [0.717, 1.165) is 25.1 Å². The summed E-state index contributed by atoms with van der Waals surface area (Å²) in [6.07, 6.45) is 1.66. The van der Waals surface area contributed by atoms with Crippen LogP contribution in [0.4, 0.5) is 10.5 Å². The Labute approximate surface area is 126 Å². The van der Waals surface area contributed by atoms with Gasteiger partial charge >= 0.3 is 6.09 Å². The quantitative estimate of drug-likeness (QED) is 0.870. The van der Waals surface area contributed by atoms with Gasteiger partial charge in [-0.1, -0.05) is 0 Å². The highest BCUT2D eigenvalue weighted by molar-refractivity contribution is 5.69. The highest BCUT2D eigenvalue weighted by atomic mass is 16.6. The third-order valence-electron chi connectivity index (χ3n) is 3.33. The van der Waals surface area contributed by atoms with Crippen LogP contribution in [0.25, 0.3) is 0 Å². The molecule has 1 aromatic carbocycles. The van der Waals surface area contributed by atoms with Crippen LogP contribution in [0.1, 0.15) is 33.6 Å². The van der Waals surface area contributed by atoms with E-state index in [0.29, 0.717) is 12.3 Å². The van der Waals surface area contributed by atoms with Crippen molar-refractivity contribution in [3.8, 4) is 5.75 Å². The summed E-state index contributed by atoms with van der Waals surface area (Å²) < 4.78 is 11.2. The highest BCUT2D eigenvalue weighted by Crippen LogP contribution is 2.22. The third kappa shape index (κ3) is 4.55. The van der Waals surface area contributed by atoms with E-state index < -0.39 is 5.60 Å². The van der Waals surface area contributed by atoms with Gasteiger partial charge in [-0.2, -0.15) is 0 Å². The fourth-order valence-electron chi connectivity index (χ4n) is 2.33. The second-order valence-electron chi connectivity index (χ2n) is 6.35. The van der Waals surface area contributed by atoms with E-state index in [-0.39, 0.29) is 12.1 Å². The van der Waals surface area contributed by atoms with Gasteiger partial charge in [0.05, 0.1) is 6.04 Å². The predicted molar refractivity (Wildman–Crippen MR) is 82.3 cm³/mol. The predicted octanol–water partition coefficient (Wildman–Crippen LogP) is 3.05. The maximum atomic E-state index is 12.2. The summed E-state index contributed by atoms with van der Waals surface area (Å²) in [7, 11) is 0. The summed E-state index contributed by atoms with van der Waals surface area (Å²) in [5.74, 6) is 0.764. The molecule has 1 aliphatic heterocycles. The molecular formula is C16H24N2O3. The highest BCUT2D eigenvalue weighted by Gasteiger charge is 2.32. The molecule has 2 rings (SSSR count). The van der Waals surface area contributed by atoms with Gasteiger partial charge in [-0.15, -0.1) is 0 Å². The lowest BCUT2D eigenvalue weighted by molar-refractivity contribution is 0.0187. The monoisotopic (exact) mass is 292 g/mol. The Hall–Kier alpha value is -1.91. The number of hydrogen-bond donors (Lipinski definition) is 1. The number of nitrogens with two attached hydrogens (primary N) is 1. The minimum atomic E-state index is -0.470.